The first-order chi connectivity index (χ1) is 13.4. The van der Waals surface area contributed by atoms with Gasteiger partial charge in [-0.3, -0.25) is 4.79 Å². The molecule has 0 fully saturated rings. The summed E-state index contributed by atoms with van der Waals surface area (Å²) in [5.41, 5.74) is 3.01. The zero-order valence-corrected chi connectivity index (χ0v) is 16.9. The lowest BCUT2D eigenvalue weighted by atomic mass is 10.1. The molecule has 28 heavy (non-hydrogen) atoms. The number of H-pyrrole nitrogens is 1. The summed E-state index contributed by atoms with van der Waals surface area (Å²) in [5, 5.41) is 1.36. The summed E-state index contributed by atoms with van der Waals surface area (Å²) >= 11 is 11.5. The van der Waals surface area contributed by atoms with Gasteiger partial charge in [-0.2, -0.15) is 0 Å². The number of allylic oxidation sites excluding steroid dienone is 1. The quantitative estimate of drug-likeness (QED) is 0.501. The zero-order chi connectivity index (χ0) is 20.5. The van der Waals surface area contributed by atoms with E-state index >= 15 is 0 Å². The van der Waals surface area contributed by atoms with Gasteiger partial charge in [0.05, 0.1) is 0 Å². The van der Waals surface area contributed by atoms with E-state index in [9.17, 15) is 9.59 Å². The Balaban J connectivity index is 0.000000200. The molecule has 1 heterocycles. The molecule has 0 saturated carbocycles. The van der Waals surface area contributed by atoms with Crippen LogP contribution in [-0.4, -0.2) is 35.2 Å². The number of aldehydes is 1. The van der Waals surface area contributed by atoms with Gasteiger partial charge in [-0.15, -0.1) is 0 Å². The van der Waals surface area contributed by atoms with E-state index in [1.165, 1.54) is 6.20 Å². The molecular formula is C21H19Cl2N3O2. The lowest BCUT2D eigenvalue weighted by molar-refractivity contribution is -0.103. The van der Waals surface area contributed by atoms with Gasteiger partial charge in [-0.25, -0.2) is 9.78 Å². The van der Waals surface area contributed by atoms with E-state index in [4.69, 9.17) is 23.2 Å². The molecule has 0 atom stereocenters. The van der Waals surface area contributed by atoms with Crippen molar-refractivity contribution in [1.82, 2.24) is 14.9 Å². The Morgan fingerprint density at radius 3 is 2.00 bits per heavy atom. The number of halogens is 2. The molecule has 0 aliphatic heterocycles. The highest BCUT2D eigenvalue weighted by Crippen LogP contribution is 2.19. The maximum atomic E-state index is 10.8. The largest absolute Gasteiger partial charge is 0.383 e. The highest BCUT2D eigenvalue weighted by atomic mass is 35.5. The van der Waals surface area contributed by atoms with Crippen LogP contribution in [0.15, 0.2) is 71.9 Å². The number of carbonyl (C=O) groups excluding carboxylic acids is 1. The molecule has 0 aliphatic carbocycles. The monoisotopic (exact) mass is 415 g/mol. The molecule has 3 rings (SSSR count). The van der Waals surface area contributed by atoms with Crippen LogP contribution in [0.25, 0.3) is 16.7 Å². The average Bonchev–Trinajstić information content (AvgIpc) is 2.68. The van der Waals surface area contributed by atoms with Gasteiger partial charge in [0.15, 0.2) is 6.29 Å². The van der Waals surface area contributed by atoms with Crippen molar-refractivity contribution in [2.75, 3.05) is 14.1 Å². The molecule has 2 aromatic carbocycles. The zero-order valence-electron chi connectivity index (χ0n) is 15.4. The molecule has 0 unspecified atom stereocenters. The van der Waals surface area contributed by atoms with Gasteiger partial charge in [-0.1, -0.05) is 47.5 Å². The van der Waals surface area contributed by atoms with Crippen molar-refractivity contribution in [1.29, 1.82) is 0 Å². The SMILES string of the molecule is CN(C)C=C(C=O)c1ccc(Cl)cc1.O=c1ncc(-c2ccc(Cl)cc2)c[nH]1. The van der Waals surface area contributed by atoms with Crippen LogP contribution >= 0.6 is 23.2 Å². The summed E-state index contributed by atoms with van der Waals surface area (Å²) in [6.07, 6.45) is 5.76. The fraction of sp³-hybridized carbons (Fsp3) is 0.0952. The molecule has 3 aromatic rings. The molecular weight excluding hydrogens is 397 g/mol. The molecule has 1 N–H and O–H groups in total. The number of rotatable bonds is 4. The minimum absolute atomic E-state index is 0.345. The van der Waals surface area contributed by atoms with Crippen molar-refractivity contribution in [3.05, 3.63) is 93.2 Å². The summed E-state index contributed by atoms with van der Waals surface area (Å²) in [5.74, 6) is 0. The second-order valence-corrected chi connectivity index (χ2v) is 6.86. The number of aromatic amines is 1. The number of hydrogen-bond donors (Lipinski definition) is 1. The molecule has 7 heteroatoms. The van der Waals surface area contributed by atoms with Gasteiger partial charge in [0.1, 0.15) is 0 Å². The maximum absolute atomic E-state index is 10.8. The van der Waals surface area contributed by atoms with Gasteiger partial charge in [-0.05, 0) is 35.4 Å². The van der Waals surface area contributed by atoms with Crippen molar-refractivity contribution in [3.8, 4) is 11.1 Å². The summed E-state index contributed by atoms with van der Waals surface area (Å²) in [6, 6.07) is 14.5. The first kappa shape index (κ1) is 21.4. The van der Waals surface area contributed by atoms with Crippen molar-refractivity contribution in [3.63, 3.8) is 0 Å². The topological polar surface area (TPSA) is 66.1 Å². The van der Waals surface area contributed by atoms with Crippen molar-refractivity contribution < 1.29 is 4.79 Å². The van der Waals surface area contributed by atoms with Crippen molar-refractivity contribution in [2.45, 2.75) is 0 Å². The van der Waals surface area contributed by atoms with Crippen LogP contribution < -0.4 is 5.69 Å². The average molecular weight is 416 g/mol. The van der Waals surface area contributed by atoms with Crippen LogP contribution in [0.4, 0.5) is 0 Å². The smallest absolute Gasteiger partial charge is 0.344 e. The molecule has 0 aliphatic rings. The van der Waals surface area contributed by atoms with Crippen LogP contribution in [0.2, 0.25) is 10.0 Å². The summed E-state index contributed by atoms with van der Waals surface area (Å²) < 4.78 is 0. The van der Waals surface area contributed by atoms with Gasteiger partial charge in [0.25, 0.3) is 0 Å². The Morgan fingerprint density at radius 1 is 0.964 bits per heavy atom. The predicted molar refractivity (Wildman–Crippen MR) is 114 cm³/mol. The lowest BCUT2D eigenvalue weighted by Gasteiger charge is -2.07. The minimum Gasteiger partial charge on any atom is -0.383 e. The third-order valence-electron chi connectivity index (χ3n) is 3.55. The fourth-order valence-corrected chi connectivity index (χ4v) is 2.49. The van der Waals surface area contributed by atoms with Crippen molar-refractivity contribution in [2.24, 2.45) is 0 Å². The normalized spacial score (nSPS) is 10.6. The number of benzene rings is 2. The first-order valence-electron chi connectivity index (χ1n) is 8.29. The van der Waals surface area contributed by atoms with Gasteiger partial charge < -0.3 is 9.88 Å². The summed E-state index contributed by atoms with van der Waals surface area (Å²) in [4.78, 5) is 29.5. The van der Waals surface area contributed by atoms with E-state index in [-0.39, 0.29) is 5.69 Å². The van der Waals surface area contributed by atoms with Crippen molar-refractivity contribution >= 4 is 35.1 Å². The Labute approximate surface area is 173 Å². The fourth-order valence-electron chi connectivity index (χ4n) is 2.24. The molecule has 1 aromatic heterocycles. The van der Waals surface area contributed by atoms with E-state index in [1.807, 2.05) is 43.3 Å². The molecule has 0 amide bonds. The van der Waals surface area contributed by atoms with Crippen LogP contribution in [0.3, 0.4) is 0 Å². The van der Waals surface area contributed by atoms with Crippen LogP contribution in [-0.2, 0) is 4.79 Å². The second-order valence-electron chi connectivity index (χ2n) is 5.99. The number of aromatic nitrogens is 2. The third-order valence-corrected chi connectivity index (χ3v) is 4.06. The van der Waals surface area contributed by atoms with Gasteiger partial charge in [0.2, 0.25) is 0 Å². The Morgan fingerprint density at radius 2 is 1.54 bits per heavy atom. The summed E-state index contributed by atoms with van der Waals surface area (Å²) in [6.45, 7) is 0. The number of nitrogens with one attached hydrogen (secondary N) is 1. The van der Waals surface area contributed by atoms with E-state index in [2.05, 4.69) is 9.97 Å². The standard InChI is InChI=1S/C11H12ClNO.C10H7ClN2O/c1-13(2)7-10(8-14)9-3-5-11(12)6-4-9;11-9-3-1-7(2-4-9)8-5-12-10(14)13-6-8/h3-8H,1-2H3;1-6H,(H,12,13,14). The van der Waals surface area contributed by atoms with E-state index in [0.717, 1.165) is 23.0 Å². The molecule has 144 valence electrons. The van der Waals surface area contributed by atoms with Gasteiger partial charge in [0, 0.05) is 53.9 Å². The Hall–Kier alpha value is -2.89. The molecule has 0 bridgehead atoms. The minimum atomic E-state index is -0.345. The van der Waals surface area contributed by atoms with E-state index in [1.54, 1.807) is 36.7 Å². The number of carbonyl (C=O) groups is 1. The molecule has 0 radical (unpaired) electrons. The molecule has 0 saturated heterocycles. The van der Waals surface area contributed by atoms with Gasteiger partial charge >= 0.3 is 5.69 Å². The third kappa shape index (κ3) is 6.68. The van der Waals surface area contributed by atoms with Crippen LogP contribution in [0.5, 0.6) is 0 Å². The second kappa shape index (κ2) is 10.4. The highest BCUT2D eigenvalue weighted by Gasteiger charge is 2.00. The molecule has 5 nitrogen and oxygen atoms in total. The molecule has 0 spiro atoms. The first-order valence-corrected chi connectivity index (χ1v) is 9.04. The Bertz CT molecular complexity index is 975. The van der Waals surface area contributed by atoms with Crippen LogP contribution in [0, 0.1) is 0 Å². The summed E-state index contributed by atoms with van der Waals surface area (Å²) in [7, 11) is 3.75. The number of nitrogens with zero attached hydrogens (tertiary/aromatic N) is 2. The highest BCUT2D eigenvalue weighted by molar-refractivity contribution is 6.31. The van der Waals surface area contributed by atoms with Crippen LogP contribution in [0.1, 0.15) is 5.56 Å². The van der Waals surface area contributed by atoms with E-state index in [0.29, 0.717) is 15.6 Å². The van der Waals surface area contributed by atoms with E-state index < -0.39 is 0 Å². The maximum Gasteiger partial charge on any atom is 0.344 e. The Kier molecular flexibility index (Phi) is 7.99. The lowest BCUT2D eigenvalue weighted by Crippen LogP contribution is -2.07. The predicted octanol–water partition coefficient (Wildman–Crippen LogP) is 4.53. The number of hydrogen-bond acceptors (Lipinski definition) is 4.